The molecule has 0 aromatic heterocycles. The van der Waals surface area contributed by atoms with Crippen molar-refractivity contribution in [3.8, 4) is 0 Å². The number of rotatable bonds is 2. The third-order valence-corrected chi connectivity index (χ3v) is 8.18. The molecule has 0 heterocycles. The van der Waals surface area contributed by atoms with E-state index < -0.39 is 5.97 Å². The minimum atomic E-state index is -0.935. The number of aliphatic carboxylic acids is 1. The maximum absolute atomic E-state index is 10.2. The van der Waals surface area contributed by atoms with E-state index in [0.29, 0.717) is 5.57 Å². The Morgan fingerprint density at radius 3 is 2.15 bits per heavy atom. The fraction of sp³-hybridized carbons (Fsp3) is 0.586. The van der Waals surface area contributed by atoms with Crippen LogP contribution in [0.2, 0.25) is 0 Å². The first-order chi connectivity index (χ1) is 15.7. The van der Waals surface area contributed by atoms with E-state index in [1.54, 1.807) is 19.8 Å². The van der Waals surface area contributed by atoms with Crippen LogP contribution < -0.4 is 0 Å². The molecule has 1 N–H and O–H groups in total. The highest BCUT2D eigenvalue weighted by Crippen LogP contribution is 2.56. The summed E-state index contributed by atoms with van der Waals surface area (Å²) in [6.07, 6.45) is 24.2. The summed E-state index contributed by atoms with van der Waals surface area (Å²) >= 11 is 0. The zero-order valence-corrected chi connectivity index (χ0v) is 20.3. The molecule has 4 bridgehead atoms. The van der Waals surface area contributed by atoms with Crippen LogP contribution in [0.15, 0.2) is 54.7 Å². The lowest BCUT2D eigenvalue weighted by molar-refractivity contribution is -0.136. The highest BCUT2D eigenvalue weighted by Gasteiger charge is 2.49. The smallest absolute Gasteiger partial charge is 0.332 e. The summed E-state index contributed by atoms with van der Waals surface area (Å²) < 4.78 is 4.27. The number of allylic oxidation sites excluding steroid dienone is 6. The monoisotopic (exact) mass is 451 g/mol. The van der Waals surface area contributed by atoms with Crippen molar-refractivity contribution < 1.29 is 19.4 Å². The number of carbonyl (C=O) groups is 2. The van der Waals surface area contributed by atoms with Crippen LogP contribution in [-0.4, -0.2) is 24.2 Å². The van der Waals surface area contributed by atoms with Crippen LogP contribution >= 0.6 is 0 Å². The average Bonchev–Trinajstić information content (AvgIpc) is 3.62. The van der Waals surface area contributed by atoms with Gasteiger partial charge in [-0.3, -0.25) is 0 Å². The zero-order chi connectivity index (χ0) is 24.1. The third kappa shape index (κ3) is 5.92. The van der Waals surface area contributed by atoms with E-state index in [4.69, 9.17) is 5.11 Å². The molecule has 4 heteroatoms. The van der Waals surface area contributed by atoms with Gasteiger partial charge in [0.15, 0.2) is 12.5 Å². The van der Waals surface area contributed by atoms with Gasteiger partial charge in [0, 0.05) is 23.0 Å². The van der Waals surface area contributed by atoms with Crippen molar-refractivity contribution in [2.24, 2.45) is 47.3 Å². The molecule has 0 amide bonds. The molecule has 0 aliphatic heterocycles. The predicted molar refractivity (Wildman–Crippen MR) is 131 cm³/mol. The van der Waals surface area contributed by atoms with E-state index in [0.717, 1.165) is 47.3 Å². The molecule has 4 nitrogen and oxygen atoms in total. The lowest BCUT2D eigenvalue weighted by atomic mass is 9.82. The van der Waals surface area contributed by atoms with Crippen LogP contribution in [0.3, 0.4) is 0 Å². The van der Waals surface area contributed by atoms with E-state index in [-0.39, 0.29) is 11.5 Å². The molecule has 8 unspecified atom stereocenters. The summed E-state index contributed by atoms with van der Waals surface area (Å²) in [6.45, 7) is 9.56. The summed E-state index contributed by atoms with van der Waals surface area (Å²) in [4.78, 5) is 19.8. The standard InChI is InChI=1S/C10H14.C10H11.C5H8O2.C4H6O2/c2*1-2-9-7-4-5-8(6-7)10(9)3-1;1-4(2)5(6)7-3;1-3(2)4(5)6/h1-2,7-10H,3-6H2;2,4-5,7-10H,3,6H2;1H2,2-3H3;1H2,2H3,(H,5,6)/q;+1;;. The molecule has 0 spiro atoms. The third-order valence-electron chi connectivity index (χ3n) is 8.18. The van der Waals surface area contributed by atoms with E-state index in [1.165, 1.54) is 39.7 Å². The SMILES string of the molecule is C1=CC2C3CCC(C3)C2C1.C=C(C)C(=O)O.C=C(C)C(=O)OC.[C+]1=CC2C3C=CC(C3)C2C1. The highest BCUT2D eigenvalue weighted by molar-refractivity contribution is 5.86. The van der Waals surface area contributed by atoms with Crippen molar-refractivity contribution in [2.75, 3.05) is 7.11 Å². The number of carboxylic acid groups (broad SMARTS) is 1. The van der Waals surface area contributed by atoms with E-state index in [2.05, 4.69) is 54.4 Å². The number of hydrogen-bond acceptors (Lipinski definition) is 3. The summed E-state index contributed by atoms with van der Waals surface area (Å²) in [6, 6.07) is 0. The Bertz CT molecular complexity index is 836. The highest BCUT2D eigenvalue weighted by atomic mass is 16.5. The van der Waals surface area contributed by atoms with Crippen LogP contribution in [0.4, 0.5) is 0 Å². The maximum Gasteiger partial charge on any atom is 0.332 e. The second kappa shape index (κ2) is 11.1. The molecule has 178 valence electrons. The Kier molecular flexibility index (Phi) is 8.48. The van der Waals surface area contributed by atoms with E-state index >= 15 is 0 Å². The fourth-order valence-electron chi connectivity index (χ4n) is 6.51. The van der Waals surface area contributed by atoms with Crippen molar-refractivity contribution in [3.63, 3.8) is 0 Å². The van der Waals surface area contributed by atoms with E-state index in [1.807, 2.05) is 0 Å². The van der Waals surface area contributed by atoms with Gasteiger partial charge < -0.3 is 9.84 Å². The fourth-order valence-corrected chi connectivity index (χ4v) is 6.51. The number of ether oxygens (including phenoxy) is 1. The molecule has 0 aromatic rings. The number of hydrogen-bond donors (Lipinski definition) is 1. The summed E-state index contributed by atoms with van der Waals surface area (Å²) in [5.41, 5.74) is 0.609. The Morgan fingerprint density at radius 2 is 1.61 bits per heavy atom. The molecule has 33 heavy (non-hydrogen) atoms. The van der Waals surface area contributed by atoms with Crippen molar-refractivity contribution in [1.29, 1.82) is 0 Å². The summed E-state index contributed by atoms with van der Waals surface area (Å²) in [7, 11) is 1.33. The van der Waals surface area contributed by atoms with Crippen LogP contribution in [0, 0.1) is 53.4 Å². The predicted octanol–water partition coefficient (Wildman–Crippen LogP) is 6.18. The number of carboxylic acids is 1. The van der Waals surface area contributed by atoms with Gasteiger partial charge >= 0.3 is 11.9 Å². The van der Waals surface area contributed by atoms with Gasteiger partial charge in [-0.15, -0.1) is 0 Å². The van der Waals surface area contributed by atoms with Crippen LogP contribution in [0.5, 0.6) is 0 Å². The van der Waals surface area contributed by atoms with Gasteiger partial charge in [0.05, 0.1) is 7.11 Å². The second-order valence-corrected chi connectivity index (χ2v) is 10.4. The second-order valence-electron chi connectivity index (χ2n) is 10.4. The van der Waals surface area contributed by atoms with Gasteiger partial charge in [0.1, 0.15) is 0 Å². The van der Waals surface area contributed by atoms with Gasteiger partial charge in [-0.1, -0.05) is 37.5 Å². The van der Waals surface area contributed by atoms with Crippen molar-refractivity contribution in [1.82, 2.24) is 0 Å². The molecule has 0 saturated heterocycles. The molecule has 8 atom stereocenters. The van der Waals surface area contributed by atoms with Gasteiger partial charge in [-0.25, -0.2) is 9.59 Å². The van der Waals surface area contributed by atoms with Crippen molar-refractivity contribution in [3.05, 3.63) is 60.8 Å². The zero-order valence-electron chi connectivity index (χ0n) is 20.3. The number of methoxy groups -OCH3 is 1. The molecular formula is C29H39O4+. The number of esters is 1. The molecule has 3 saturated carbocycles. The molecule has 6 aliphatic rings. The first-order valence-corrected chi connectivity index (χ1v) is 12.3. The van der Waals surface area contributed by atoms with Crippen molar-refractivity contribution in [2.45, 2.75) is 52.4 Å². The largest absolute Gasteiger partial charge is 0.478 e. The molecule has 3 fully saturated rings. The first-order valence-electron chi connectivity index (χ1n) is 12.3. The van der Waals surface area contributed by atoms with E-state index in [9.17, 15) is 9.59 Å². The van der Waals surface area contributed by atoms with Gasteiger partial charge in [-0.05, 0) is 81.5 Å². The summed E-state index contributed by atoms with van der Waals surface area (Å²) in [5, 5.41) is 7.89. The minimum absolute atomic E-state index is 0.176. The number of fused-ring (bicyclic) bond motifs is 10. The van der Waals surface area contributed by atoms with Crippen molar-refractivity contribution >= 4 is 11.9 Å². The van der Waals surface area contributed by atoms with Gasteiger partial charge in [0.2, 0.25) is 6.08 Å². The lowest BCUT2D eigenvalue weighted by Crippen LogP contribution is -2.16. The molecule has 0 aromatic carbocycles. The van der Waals surface area contributed by atoms with Crippen LogP contribution in [0.1, 0.15) is 52.4 Å². The number of carbonyl (C=O) groups excluding carboxylic acids is 1. The Morgan fingerprint density at radius 1 is 0.939 bits per heavy atom. The summed E-state index contributed by atoms with van der Waals surface area (Å²) in [5.74, 6) is 6.72. The first kappa shape index (κ1) is 25.2. The lowest BCUT2D eigenvalue weighted by Gasteiger charge is -2.23. The Labute approximate surface area is 199 Å². The molecule has 6 rings (SSSR count). The molecule has 6 aliphatic carbocycles. The topological polar surface area (TPSA) is 63.6 Å². The molecular weight excluding hydrogens is 412 g/mol. The van der Waals surface area contributed by atoms with Crippen LogP contribution in [-0.2, 0) is 14.3 Å². The Hall–Kier alpha value is -2.45. The maximum atomic E-state index is 10.2. The minimum Gasteiger partial charge on any atom is -0.478 e. The van der Waals surface area contributed by atoms with Gasteiger partial charge in [0.25, 0.3) is 0 Å². The normalized spacial score (nSPS) is 36.2. The Balaban J connectivity index is 0.000000128. The van der Waals surface area contributed by atoms with Gasteiger partial charge in [-0.2, -0.15) is 0 Å². The van der Waals surface area contributed by atoms with Crippen LogP contribution in [0.25, 0.3) is 0 Å². The average molecular weight is 452 g/mol. The quantitative estimate of drug-likeness (QED) is 0.236. The molecule has 0 radical (unpaired) electrons.